The maximum atomic E-state index is 12.4. The first-order valence-corrected chi connectivity index (χ1v) is 6.27. The van der Waals surface area contributed by atoms with Crippen LogP contribution >= 0.6 is 0 Å². The highest BCUT2D eigenvalue weighted by molar-refractivity contribution is 6.06. The molecule has 2 fully saturated rings. The second-order valence-corrected chi connectivity index (χ2v) is 5.37. The summed E-state index contributed by atoms with van der Waals surface area (Å²) in [6, 6.07) is 0. The molecule has 2 aliphatic carbocycles. The van der Waals surface area contributed by atoms with E-state index in [0.717, 1.165) is 12.0 Å². The van der Waals surface area contributed by atoms with Crippen LogP contribution in [-0.4, -0.2) is 26.9 Å². The highest BCUT2D eigenvalue weighted by Crippen LogP contribution is 2.52. The van der Waals surface area contributed by atoms with E-state index in [1.165, 1.54) is 4.90 Å². The van der Waals surface area contributed by atoms with Crippen LogP contribution in [0.25, 0.3) is 0 Å². The first kappa shape index (κ1) is 10.1. The van der Waals surface area contributed by atoms with Gasteiger partial charge < -0.3 is 0 Å². The quantitative estimate of drug-likeness (QED) is 0.614. The number of nitrogens with one attached hydrogen (secondary N) is 1. The van der Waals surface area contributed by atoms with Crippen LogP contribution in [0.3, 0.4) is 0 Å². The van der Waals surface area contributed by atoms with Crippen molar-refractivity contribution in [3.05, 3.63) is 30.1 Å². The fraction of sp³-hybridized carbons (Fsp3) is 0.462. The highest BCUT2D eigenvalue weighted by Gasteiger charge is 2.59. The number of amides is 2. The summed E-state index contributed by atoms with van der Waals surface area (Å²) in [5, 5.41) is 6.54. The summed E-state index contributed by atoms with van der Waals surface area (Å²) in [4.78, 5) is 26.1. The van der Waals surface area contributed by atoms with Gasteiger partial charge in [-0.05, 0) is 18.3 Å². The number of rotatable bonds is 2. The van der Waals surface area contributed by atoms with E-state index >= 15 is 0 Å². The molecule has 5 heteroatoms. The SMILES string of the molecule is O=C1C2C3C=CC(C3)C2C(=O)N1Cc1cn[nH]c1. The third-order valence-corrected chi connectivity index (χ3v) is 4.46. The largest absolute Gasteiger partial charge is 0.285 e. The average molecular weight is 243 g/mol. The third kappa shape index (κ3) is 1.14. The molecule has 4 atom stereocenters. The minimum atomic E-state index is -0.0978. The molecular weight excluding hydrogens is 230 g/mol. The number of nitrogens with zero attached hydrogens (tertiary/aromatic N) is 2. The van der Waals surface area contributed by atoms with E-state index in [2.05, 4.69) is 22.3 Å². The second-order valence-electron chi connectivity index (χ2n) is 5.37. The van der Waals surface area contributed by atoms with Gasteiger partial charge in [0, 0.05) is 11.8 Å². The normalized spacial score (nSPS) is 36.8. The summed E-state index contributed by atoms with van der Waals surface area (Å²) in [6.45, 7) is 0.348. The number of aromatic nitrogens is 2. The molecule has 0 spiro atoms. The summed E-state index contributed by atoms with van der Waals surface area (Å²) in [5.74, 6) is 0.376. The predicted octanol–water partition coefficient (Wildman–Crippen LogP) is 0.717. The maximum Gasteiger partial charge on any atom is 0.234 e. The van der Waals surface area contributed by atoms with Crippen molar-refractivity contribution in [1.82, 2.24) is 15.1 Å². The Balaban J connectivity index is 1.64. The minimum Gasteiger partial charge on any atom is -0.285 e. The van der Waals surface area contributed by atoms with Gasteiger partial charge in [-0.15, -0.1) is 0 Å². The van der Waals surface area contributed by atoms with Gasteiger partial charge in [-0.25, -0.2) is 0 Å². The number of aromatic amines is 1. The van der Waals surface area contributed by atoms with Crippen LogP contribution in [0.4, 0.5) is 0 Å². The molecule has 1 aromatic heterocycles. The zero-order chi connectivity index (χ0) is 12.3. The van der Waals surface area contributed by atoms with E-state index in [9.17, 15) is 9.59 Å². The van der Waals surface area contributed by atoms with Crippen LogP contribution in [0.1, 0.15) is 12.0 Å². The minimum absolute atomic E-state index is 0.00282. The van der Waals surface area contributed by atoms with Crippen LogP contribution in [-0.2, 0) is 16.1 Å². The molecule has 4 unspecified atom stereocenters. The Hall–Kier alpha value is -1.91. The number of H-pyrrole nitrogens is 1. The highest BCUT2D eigenvalue weighted by atomic mass is 16.2. The van der Waals surface area contributed by atoms with Crippen LogP contribution in [0.2, 0.25) is 0 Å². The molecule has 0 aromatic carbocycles. The Morgan fingerprint density at radius 1 is 1.22 bits per heavy atom. The molecule has 1 aromatic rings. The van der Waals surface area contributed by atoms with Gasteiger partial charge in [-0.2, -0.15) is 5.10 Å². The van der Waals surface area contributed by atoms with Crippen molar-refractivity contribution in [2.45, 2.75) is 13.0 Å². The molecule has 4 rings (SSSR count). The van der Waals surface area contributed by atoms with Crippen LogP contribution in [0, 0.1) is 23.7 Å². The number of hydrogen-bond donors (Lipinski definition) is 1. The lowest BCUT2D eigenvalue weighted by Crippen LogP contribution is -2.32. The molecule has 92 valence electrons. The standard InChI is InChI=1S/C13H13N3O2/c17-12-10-8-1-2-9(3-8)11(10)13(18)16(12)6-7-4-14-15-5-7/h1-2,4-5,8-11H,3,6H2,(H,14,15). The van der Waals surface area contributed by atoms with Gasteiger partial charge in [0.1, 0.15) is 0 Å². The van der Waals surface area contributed by atoms with Crippen LogP contribution in [0.15, 0.2) is 24.5 Å². The van der Waals surface area contributed by atoms with Crippen molar-refractivity contribution >= 4 is 11.8 Å². The molecule has 2 bridgehead atoms. The lowest BCUT2D eigenvalue weighted by Gasteiger charge is -2.15. The summed E-state index contributed by atoms with van der Waals surface area (Å²) in [7, 11) is 0. The van der Waals surface area contributed by atoms with Crippen molar-refractivity contribution in [1.29, 1.82) is 0 Å². The fourth-order valence-electron chi connectivity index (χ4n) is 3.67. The zero-order valence-electron chi connectivity index (χ0n) is 9.74. The first-order valence-electron chi connectivity index (χ1n) is 6.27. The number of carbonyl (C=O) groups is 2. The molecule has 5 nitrogen and oxygen atoms in total. The molecule has 2 heterocycles. The van der Waals surface area contributed by atoms with Gasteiger partial charge in [0.05, 0.1) is 24.6 Å². The van der Waals surface area contributed by atoms with Crippen molar-refractivity contribution < 1.29 is 9.59 Å². The summed E-state index contributed by atoms with van der Waals surface area (Å²) in [5.41, 5.74) is 0.872. The lowest BCUT2D eigenvalue weighted by atomic mass is 9.85. The Labute approximate surface area is 104 Å². The van der Waals surface area contributed by atoms with Gasteiger partial charge in [0.2, 0.25) is 11.8 Å². The topological polar surface area (TPSA) is 66.1 Å². The molecule has 3 aliphatic rings. The molecule has 2 amide bonds. The fourth-order valence-corrected chi connectivity index (χ4v) is 3.67. The monoisotopic (exact) mass is 243 g/mol. The molecule has 1 saturated heterocycles. The van der Waals surface area contributed by atoms with Gasteiger partial charge in [-0.3, -0.25) is 19.6 Å². The van der Waals surface area contributed by atoms with E-state index in [1.807, 2.05) is 0 Å². The maximum absolute atomic E-state index is 12.4. The molecular formula is C13H13N3O2. The number of allylic oxidation sites excluding steroid dienone is 2. The number of fused-ring (bicyclic) bond motifs is 5. The molecule has 1 N–H and O–H groups in total. The van der Waals surface area contributed by atoms with E-state index in [0.29, 0.717) is 6.54 Å². The smallest absolute Gasteiger partial charge is 0.234 e. The number of carbonyl (C=O) groups excluding carboxylic acids is 2. The third-order valence-electron chi connectivity index (χ3n) is 4.46. The van der Waals surface area contributed by atoms with Gasteiger partial charge in [0.25, 0.3) is 0 Å². The van der Waals surface area contributed by atoms with E-state index in [1.54, 1.807) is 12.4 Å². The number of likely N-dealkylation sites (tertiary alicyclic amines) is 1. The van der Waals surface area contributed by atoms with Crippen molar-refractivity contribution in [3.8, 4) is 0 Å². The molecule has 18 heavy (non-hydrogen) atoms. The second kappa shape index (κ2) is 3.31. The average Bonchev–Trinajstić information content (AvgIpc) is 3.10. The lowest BCUT2D eigenvalue weighted by molar-refractivity contribution is -0.141. The predicted molar refractivity (Wildman–Crippen MR) is 61.9 cm³/mol. The number of imide groups is 1. The van der Waals surface area contributed by atoms with E-state index in [-0.39, 0.29) is 35.5 Å². The van der Waals surface area contributed by atoms with Crippen molar-refractivity contribution in [3.63, 3.8) is 0 Å². The molecule has 1 saturated carbocycles. The zero-order valence-corrected chi connectivity index (χ0v) is 9.74. The van der Waals surface area contributed by atoms with Gasteiger partial charge >= 0.3 is 0 Å². The Bertz CT molecular complexity index is 519. The Morgan fingerprint density at radius 3 is 2.44 bits per heavy atom. The Morgan fingerprint density at radius 2 is 1.89 bits per heavy atom. The molecule has 1 aliphatic heterocycles. The van der Waals surface area contributed by atoms with Gasteiger partial charge in [0.15, 0.2) is 0 Å². The van der Waals surface area contributed by atoms with Crippen molar-refractivity contribution in [2.24, 2.45) is 23.7 Å². The summed E-state index contributed by atoms with van der Waals surface area (Å²) in [6.07, 6.45) is 8.58. The van der Waals surface area contributed by atoms with Crippen molar-refractivity contribution in [2.75, 3.05) is 0 Å². The summed E-state index contributed by atoms with van der Waals surface area (Å²) < 4.78 is 0. The molecule has 0 radical (unpaired) electrons. The van der Waals surface area contributed by atoms with Crippen LogP contribution in [0.5, 0.6) is 0 Å². The first-order chi connectivity index (χ1) is 8.75. The van der Waals surface area contributed by atoms with E-state index < -0.39 is 0 Å². The van der Waals surface area contributed by atoms with Gasteiger partial charge in [-0.1, -0.05) is 12.2 Å². The summed E-state index contributed by atoms with van der Waals surface area (Å²) >= 11 is 0. The van der Waals surface area contributed by atoms with Crippen LogP contribution < -0.4 is 0 Å². The Kier molecular flexibility index (Phi) is 1.85. The van der Waals surface area contributed by atoms with E-state index in [4.69, 9.17) is 0 Å². The number of hydrogen-bond acceptors (Lipinski definition) is 3.